The Morgan fingerprint density at radius 1 is 0.647 bits per heavy atom. The quantitative estimate of drug-likeness (QED) is 0.0462. The third kappa shape index (κ3) is 33.7. The van der Waals surface area contributed by atoms with Gasteiger partial charge < -0.3 is 9.04 Å². The second kappa shape index (κ2) is 25.7. The van der Waals surface area contributed by atoms with Crippen LogP contribution < -0.4 is 0 Å². The summed E-state index contributed by atoms with van der Waals surface area (Å²) in [7, 11) is 0.281. The minimum Gasteiger partial charge on any atom is -0.726 e. The fourth-order valence-corrected chi connectivity index (χ4v) is 4.09. The van der Waals surface area contributed by atoms with Crippen molar-refractivity contribution in [2.75, 3.05) is 33.8 Å². The van der Waals surface area contributed by atoms with Crippen molar-refractivity contribution < 1.29 is 21.6 Å². The summed E-state index contributed by atoms with van der Waals surface area (Å²) in [5.41, 5.74) is 0. The van der Waals surface area contributed by atoms with Gasteiger partial charge in [0.2, 0.25) is 10.4 Å². The Morgan fingerprint density at radius 3 is 1.35 bits per heavy atom. The maximum Gasteiger partial charge on any atom is 0.217 e. The summed E-state index contributed by atoms with van der Waals surface area (Å²) in [5.74, 6) is 0. The average molecular weight is 506 g/mol. The van der Waals surface area contributed by atoms with E-state index in [1.807, 2.05) is 0 Å². The standard InChI is InChI=1S/C26H54N.C2H6O4S/c1-5-7-8-9-10-11-12-13-14-15-16-17-18-19-20-21-22-23-24-25-26-27(3,4)6-2;1-2-6-7(3,4)5/h13-14H,5-12,15-26H2,1-4H3;2H2,1H3,(H,3,4,5)/q+1;/p-1. The second-order valence-corrected chi connectivity index (χ2v) is 11.2. The molecule has 0 aromatic carbocycles. The van der Waals surface area contributed by atoms with Crippen molar-refractivity contribution in [1.82, 2.24) is 0 Å². The van der Waals surface area contributed by atoms with Gasteiger partial charge in [-0.1, -0.05) is 96.1 Å². The third-order valence-electron chi connectivity index (χ3n) is 6.39. The zero-order chi connectivity index (χ0) is 26.0. The summed E-state index contributed by atoms with van der Waals surface area (Å²) in [6, 6.07) is 0. The Hall–Kier alpha value is -0.430. The first kappa shape index (κ1) is 35.7. The lowest BCUT2D eigenvalue weighted by atomic mass is 10.1. The normalized spacial score (nSPS) is 12.2. The molecule has 0 aliphatic carbocycles. The van der Waals surface area contributed by atoms with Crippen molar-refractivity contribution in [3.8, 4) is 0 Å². The molecule has 0 saturated carbocycles. The highest BCUT2D eigenvalue weighted by atomic mass is 32.3. The molecule has 0 saturated heterocycles. The molecule has 0 fully saturated rings. The van der Waals surface area contributed by atoms with Gasteiger partial charge in [0, 0.05) is 0 Å². The molecule has 0 aromatic heterocycles. The summed E-state index contributed by atoms with van der Waals surface area (Å²) in [5, 5.41) is 0. The van der Waals surface area contributed by atoms with Crippen LogP contribution in [0.1, 0.15) is 136 Å². The van der Waals surface area contributed by atoms with Crippen LogP contribution >= 0.6 is 0 Å². The molecular formula is C28H59NO4S. The van der Waals surface area contributed by atoms with Gasteiger partial charge in [0.1, 0.15) is 0 Å². The number of quaternary nitrogens is 1. The first-order chi connectivity index (χ1) is 16.2. The monoisotopic (exact) mass is 505 g/mol. The number of hydrogen-bond acceptors (Lipinski definition) is 4. The second-order valence-electron chi connectivity index (χ2n) is 10.1. The lowest BCUT2D eigenvalue weighted by Crippen LogP contribution is -2.39. The van der Waals surface area contributed by atoms with Crippen LogP contribution in [0.3, 0.4) is 0 Å². The Morgan fingerprint density at radius 2 is 1.03 bits per heavy atom. The van der Waals surface area contributed by atoms with Gasteiger partial charge in [-0.25, -0.2) is 8.42 Å². The largest absolute Gasteiger partial charge is 0.726 e. The van der Waals surface area contributed by atoms with E-state index in [9.17, 15) is 13.0 Å². The Balaban J connectivity index is 0. The van der Waals surface area contributed by atoms with Gasteiger partial charge in [-0.15, -0.1) is 0 Å². The fraction of sp³-hybridized carbons (Fsp3) is 0.929. The molecule has 206 valence electrons. The maximum absolute atomic E-state index is 9.45. The van der Waals surface area contributed by atoms with Crippen molar-refractivity contribution in [1.29, 1.82) is 0 Å². The molecule has 0 unspecified atom stereocenters. The lowest BCUT2D eigenvalue weighted by Gasteiger charge is -2.28. The Kier molecular flexibility index (Phi) is 27.0. The average Bonchev–Trinajstić information content (AvgIpc) is 2.77. The SMILES string of the molecule is CCCCCCCCC=CCCCCCCCCCCCC[N+](C)(C)CC.CCOS(=O)(=O)[O-]. The van der Waals surface area contributed by atoms with E-state index in [0.717, 1.165) is 0 Å². The van der Waals surface area contributed by atoms with E-state index in [1.54, 1.807) is 0 Å². The molecule has 0 rings (SSSR count). The van der Waals surface area contributed by atoms with E-state index in [2.05, 4.69) is 44.3 Å². The molecule has 0 spiro atoms. The van der Waals surface area contributed by atoms with E-state index in [1.165, 1.54) is 140 Å². The Bertz CT molecular complexity index is 533. The summed E-state index contributed by atoms with van der Waals surface area (Å²) in [6.07, 6.45) is 30.4. The fourth-order valence-electron chi connectivity index (χ4n) is 3.80. The topological polar surface area (TPSA) is 66.4 Å². The summed E-state index contributed by atoms with van der Waals surface area (Å²) >= 11 is 0. The van der Waals surface area contributed by atoms with Gasteiger partial charge in [-0.2, -0.15) is 0 Å². The Labute approximate surface area is 214 Å². The number of allylic oxidation sites excluding steroid dienone is 2. The molecule has 6 heteroatoms. The van der Waals surface area contributed by atoms with E-state index in [-0.39, 0.29) is 6.61 Å². The molecule has 0 aliphatic heterocycles. The molecule has 0 bridgehead atoms. The van der Waals surface area contributed by atoms with Crippen molar-refractivity contribution >= 4 is 10.4 Å². The maximum atomic E-state index is 9.45. The molecule has 0 radical (unpaired) electrons. The summed E-state index contributed by atoms with van der Waals surface area (Å²) < 4.78 is 33.2. The van der Waals surface area contributed by atoms with Crippen LogP contribution in [0.15, 0.2) is 12.2 Å². The predicted molar refractivity (Wildman–Crippen MR) is 147 cm³/mol. The summed E-state index contributed by atoms with van der Waals surface area (Å²) in [6.45, 7) is 8.53. The molecule has 0 amide bonds. The van der Waals surface area contributed by atoms with Gasteiger partial charge >= 0.3 is 0 Å². The number of hydrogen-bond donors (Lipinski definition) is 0. The highest BCUT2D eigenvalue weighted by Crippen LogP contribution is 2.13. The zero-order valence-corrected chi connectivity index (χ0v) is 24.3. The van der Waals surface area contributed by atoms with E-state index >= 15 is 0 Å². The minimum absolute atomic E-state index is 0.0914. The van der Waals surface area contributed by atoms with Crippen LogP contribution in [0, 0.1) is 0 Å². The van der Waals surface area contributed by atoms with Crippen molar-refractivity contribution in [3.63, 3.8) is 0 Å². The first-order valence-corrected chi connectivity index (χ1v) is 15.6. The van der Waals surface area contributed by atoms with Crippen LogP contribution in [0.2, 0.25) is 0 Å². The van der Waals surface area contributed by atoms with E-state index < -0.39 is 10.4 Å². The van der Waals surface area contributed by atoms with Crippen molar-refractivity contribution in [2.45, 2.75) is 136 Å². The van der Waals surface area contributed by atoms with E-state index in [0.29, 0.717) is 0 Å². The van der Waals surface area contributed by atoms with E-state index in [4.69, 9.17) is 0 Å². The molecular weight excluding hydrogens is 446 g/mol. The van der Waals surface area contributed by atoms with Gasteiger partial charge in [-0.3, -0.25) is 4.18 Å². The summed E-state index contributed by atoms with van der Waals surface area (Å²) in [4.78, 5) is 0. The molecule has 0 aromatic rings. The van der Waals surface area contributed by atoms with Crippen LogP contribution in [0.25, 0.3) is 0 Å². The van der Waals surface area contributed by atoms with Crippen LogP contribution in [-0.4, -0.2) is 51.2 Å². The molecule has 0 N–H and O–H groups in total. The third-order valence-corrected chi connectivity index (χ3v) is 6.92. The number of unbranched alkanes of at least 4 members (excludes halogenated alkanes) is 16. The van der Waals surface area contributed by atoms with Crippen LogP contribution in [0.4, 0.5) is 0 Å². The first-order valence-electron chi connectivity index (χ1n) is 14.3. The van der Waals surface area contributed by atoms with Crippen LogP contribution in [0.5, 0.6) is 0 Å². The van der Waals surface area contributed by atoms with Gasteiger partial charge in [0.25, 0.3) is 0 Å². The smallest absolute Gasteiger partial charge is 0.217 e. The predicted octanol–water partition coefficient (Wildman–Crippen LogP) is 8.16. The minimum atomic E-state index is -4.42. The highest BCUT2D eigenvalue weighted by Gasteiger charge is 2.09. The van der Waals surface area contributed by atoms with Gasteiger partial charge in [0.15, 0.2) is 0 Å². The van der Waals surface area contributed by atoms with Crippen molar-refractivity contribution in [3.05, 3.63) is 12.2 Å². The lowest BCUT2D eigenvalue weighted by molar-refractivity contribution is -0.888. The molecule has 0 heterocycles. The van der Waals surface area contributed by atoms with Gasteiger partial charge in [-0.05, 0) is 52.4 Å². The highest BCUT2D eigenvalue weighted by molar-refractivity contribution is 7.80. The molecule has 0 aliphatic rings. The molecule has 0 atom stereocenters. The number of nitrogens with zero attached hydrogens (tertiary/aromatic N) is 1. The van der Waals surface area contributed by atoms with Crippen molar-refractivity contribution in [2.24, 2.45) is 0 Å². The zero-order valence-electron chi connectivity index (χ0n) is 23.5. The van der Waals surface area contributed by atoms with Gasteiger partial charge in [0.05, 0.1) is 33.8 Å². The van der Waals surface area contributed by atoms with Crippen LogP contribution in [-0.2, 0) is 14.6 Å². The molecule has 34 heavy (non-hydrogen) atoms. The molecule has 5 nitrogen and oxygen atoms in total. The number of rotatable bonds is 23.